The van der Waals surface area contributed by atoms with Gasteiger partial charge >= 0.3 is 11.9 Å². The smallest absolute Gasteiger partial charge is 0.384 e. The highest BCUT2D eigenvalue weighted by molar-refractivity contribution is 5.88. The second-order valence-corrected chi connectivity index (χ2v) is 3.77. The number of rotatable bonds is 2. The number of fused-ring (bicyclic) bond motifs is 1. The fourth-order valence-electron chi connectivity index (χ4n) is 1.97. The maximum Gasteiger partial charge on any atom is 0.384 e. The van der Waals surface area contributed by atoms with Crippen LogP contribution in [0.25, 0.3) is 0 Å². The van der Waals surface area contributed by atoms with Gasteiger partial charge in [0, 0.05) is 11.8 Å². The molecule has 2 heterocycles. The zero-order valence-electron chi connectivity index (χ0n) is 9.33. The van der Waals surface area contributed by atoms with Crippen molar-refractivity contribution in [3.8, 4) is 24.7 Å². The Balaban J connectivity index is 1.95. The van der Waals surface area contributed by atoms with Crippen LogP contribution in [0.3, 0.4) is 0 Å². The average Bonchev–Trinajstić information content (AvgIpc) is 2.93. The van der Waals surface area contributed by atoms with E-state index in [9.17, 15) is 9.59 Å². The maximum absolute atomic E-state index is 11.0. The molecule has 0 spiro atoms. The quantitative estimate of drug-likeness (QED) is 0.351. The number of carbonyl (C=O) groups excluding carboxylic acids is 2. The van der Waals surface area contributed by atoms with Gasteiger partial charge in [0.15, 0.2) is 12.2 Å². The van der Waals surface area contributed by atoms with Gasteiger partial charge in [-0.3, -0.25) is 0 Å². The van der Waals surface area contributed by atoms with E-state index in [1.807, 2.05) is 11.8 Å². The van der Waals surface area contributed by atoms with Crippen LogP contribution in [-0.2, 0) is 28.5 Å². The Morgan fingerprint density at radius 1 is 0.944 bits per heavy atom. The van der Waals surface area contributed by atoms with Crippen molar-refractivity contribution in [1.29, 1.82) is 0 Å². The predicted molar refractivity (Wildman–Crippen MR) is 56.9 cm³/mol. The second kappa shape index (κ2) is 5.09. The summed E-state index contributed by atoms with van der Waals surface area (Å²) in [5.41, 5.74) is 0. The van der Waals surface area contributed by atoms with Crippen LogP contribution in [0, 0.1) is 24.7 Å². The Bertz CT molecular complexity index is 400. The first-order chi connectivity index (χ1) is 8.65. The number of hydrogen-bond donors (Lipinski definition) is 0. The van der Waals surface area contributed by atoms with E-state index in [0.29, 0.717) is 0 Å². The van der Waals surface area contributed by atoms with E-state index in [0.717, 1.165) is 0 Å². The van der Waals surface area contributed by atoms with Gasteiger partial charge in [0.2, 0.25) is 0 Å². The van der Waals surface area contributed by atoms with Gasteiger partial charge < -0.3 is 18.9 Å². The Hall–Kier alpha value is -2.02. The Labute approximate surface area is 104 Å². The van der Waals surface area contributed by atoms with Crippen LogP contribution in [0.1, 0.15) is 0 Å². The van der Waals surface area contributed by atoms with Crippen molar-refractivity contribution in [2.24, 2.45) is 0 Å². The first kappa shape index (κ1) is 12.4. The van der Waals surface area contributed by atoms with E-state index in [1.54, 1.807) is 0 Å². The first-order valence-electron chi connectivity index (χ1n) is 5.23. The molecular weight excluding hydrogens is 240 g/mol. The molecule has 94 valence electrons. The van der Waals surface area contributed by atoms with Crippen LogP contribution in [0.4, 0.5) is 0 Å². The van der Waals surface area contributed by atoms with Gasteiger partial charge in [-0.1, -0.05) is 0 Å². The lowest BCUT2D eigenvalue weighted by Gasteiger charge is -2.15. The van der Waals surface area contributed by atoms with Gasteiger partial charge in [-0.15, -0.1) is 12.8 Å². The summed E-state index contributed by atoms with van der Waals surface area (Å²) < 4.78 is 20.6. The Morgan fingerprint density at radius 3 is 1.67 bits per heavy atom. The fourth-order valence-corrected chi connectivity index (χ4v) is 1.97. The second-order valence-electron chi connectivity index (χ2n) is 3.77. The molecular formula is C12H10O6. The van der Waals surface area contributed by atoms with Crippen LogP contribution >= 0.6 is 0 Å². The highest BCUT2D eigenvalue weighted by Crippen LogP contribution is 2.30. The third-order valence-electron chi connectivity index (χ3n) is 2.72. The van der Waals surface area contributed by atoms with Crippen LogP contribution in [0.2, 0.25) is 0 Å². The molecule has 0 amide bonds. The van der Waals surface area contributed by atoms with E-state index >= 15 is 0 Å². The standard InChI is InChI=1S/C12H10O6/c1-3-9(13)17-7-5-15-12-8(6-16-11(7)12)18-10(14)4-2/h1-2,7-8,11-12H,5-6H2/t7-,8+,11-,12-/m1/s1. The van der Waals surface area contributed by atoms with Crippen molar-refractivity contribution in [3.63, 3.8) is 0 Å². The molecule has 2 saturated heterocycles. The molecule has 0 aromatic rings. The number of hydrogen-bond acceptors (Lipinski definition) is 6. The molecule has 0 N–H and O–H groups in total. The molecule has 2 aliphatic rings. The molecule has 0 unspecified atom stereocenters. The molecule has 6 nitrogen and oxygen atoms in total. The SMILES string of the molecule is C#CC(=O)O[C@H]1CO[C@H]2[C@@H]1OC[C@H]2OC(=O)C#C. The van der Waals surface area contributed by atoms with Crippen LogP contribution in [-0.4, -0.2) is 49.6 Å². The van der Waals surface area contributed by atoms with Crippen molar-refractivity contribution < 1.29 is 28.5 Å². The summed E-state index contributed by atoms with van der Waals surface area (Å²) in [6, 6.07) is 0. The summed E-state index contributed by atoms with van der Waals surface area (Å²) in [5, 5.41) is 0. The molecule has 0 radical (unpaired) electrons. The van der Waals surface area contributed by atoms with Crippen molar-refractivity contribution in [1.82, 2.24) is 0 Å². The molecule has 6 heteroatoms. The zero-order valence-corrected chi connectivity index (χ0v) is 9.33. The van der Waals surface area contributed by atoms with E-state index < -0.39 is 36.4 Å². The number of esters is 2. The molecule has 2 aliphatic heterocycles. The van der Waals surface area contributed by atoms with E-state index in [-0.39, 0.29) is 13.2 Å². The van der Waals surface area contributed by atoms with Crippen molar-refractivity contribution in [3.05, 3.63) is 0 Å². The molecule has 4 atom stereocenters. The lowest BCUT2D eigenvalue weighted by Crippen LogP contribution is -2.35. The van der Waals surface area contributed by atoms with Gasteiger partial charge in [-0.2, -0.15) is 0 Å². The fraction of sp³-hybridized carbons (Fsp3) is 0.500. The lowest BCUT2D eigenvalue weighted by molar-refractivity contribution is -0.148. The van der Waals surface area contributed by atoms with Gasteiger partial charge in [0.1, 0.15) is 12.2 Å². The third-order valence-corrected chi connectivity index (χ3v) is 2.72. The van der Waals surface area contributed by atoms with Gasteiger partial charge in [0.05, 0.1) is 13.2 Å². The summed E-state index contributed by atoms with van der Waals surface area (Å²) in [6.45, 7) is 0.291. The van der Waals surface area contributed by atoms with Gasteiger partial charge in [-0.25, -0.2) is 9.59 Å². The highest BCUT2D eigenvalue weighted by Gasteiger charge is 2.51. The minimum Gasteiger partial charge on any atom is -0.447 e. The minimum atomic E-state index is -0.781. The molecule has 0 saturated carbocycles. The van der Waals surface area contributed by atoms with Gasteiger partial charge in [-0.05, 0) is 0 Å². The summed E-state index contributed by atoms with van der Waals surface area (Å²) >= 11 is 0. The third kappa shape index (κ3) is 2.30. The molecule has 0 aliphatic carbocycles. The van der Waals surface area contributed by atoms with E-state index in [1.165, 1.54) is 0 Å². The summed E-state index contributed by atoms with van der Waals surface area (Å²) in [7, 11) is 0. The molecule has 0 bridgehead atoms. The van der Waals surface area contributed by atoms with Crippen molar-refractivity contribution >= 4 is 11.9 Å². The van der Waals surface area contributed by atoms with Crippen LogP contribution < -0.4 is 0 Å². The monoisotopic (exact) mass is 250 g/mol. The normalized spacial score (nSPS) is 33.0. The highest BCUT2D eigenvalue weighted by atomic mass is 16.7. The summed E-state index contributed by atoms with van der Waals surface area (Å²) in [5.74, 6) is 2.12. The van der Waals surface area contributed by atoms with Crippen LogP contribution in [0.5, 0.6) is 0 Å². The molecule has 2 rings (SSSR count). The lowest BCUT2D eigenvalue weighted by atomic mass is 10.1. The number of ether oxygens (including phenoxy) is 4. The van der Waals surface area contributed by atoms with E-state index in [4.69, 9.17) is 31.8 Å². The molecule has 0 aromatic carbocycles. The first-order valence-corrected chi connectivity index (χ1v) is 5.23. The largest absolute Gasteiger partial charge is 0.447 e. The van der Waals surface area contributed by atoms with Crippen molar-refractivity contribution in [2.75, 3.05) is 13.2 Å². The van der Waals surface area contributed by atoms with E-state index in [2.05, 4.69) is 0 Å². The molecule has 0 aromatic heterocycles. The Kier molecular flexibility index (Phi) is 3.52. The van der Waals surface area contributed by atoms with Crippen molar-refractivity contribution in [2.45, 2.75) is 24.4 Å². The maximum atomic E-state index is 11.0. The summed E-state index contributed by atoms with van der Waals surface area (Å²) in [6.07, 6.45) is 7.65. The summed E-state index contributed by atoms with van der Waals surface area (Å²) in [4.78, 5) is 22.0. The number of terminal acetylenes is 2. The predicted octanol–water partition coefficient (Wildman–Crippen LogP) is -1.13. The molecule has 2 fully saturated rings. The molecule has 18 heavy (non-hydrogen) atoms. The average molecular weight is 250 g/mol. The number of carbonyl (C=O) groups is 2. The van der Waals surface area contributed by atoms with Gasteiger partial charge in [0.25, 0.3) is 0 Å². The Morgan fingerprint density at radius 2 is 1.33 bits per heavy atom. The van der Waals surface area contributed by atoms with Crippen LogP contribution in [0.15, 0.2) is 0 Å². The zero-order chi connectivity index (χ0) is 13.1. The topological polar surface area (TPSA) is 71.1 Å². The minimum absolute atomic E-state index is 0.146.